The molecule has 0 saturated heterocycles. The zero-order valence-electron chi connectivity index (χ0n) is 20.4. The Kier molecular flexibility index (Phi) is 31.8. The molecule has 37 heavy (non-hydrogen) atoms. The number of nitrogens with zero attached hydrogens (tertiary/aromatic N) is 2. The predicted molar refractivity (Wildman–Crippen MR) is 142 cm³/mol. The summed E-state index contributed by atoms with van der Waals surface area (Å²) in [7, 11) is 2.32. The van der Waals surface area contributed by atoms with Gasteiger partial charge in [0.25, 0.3) is 23.6 Å². The molecule has 0 bridgehead atoms. The van der Waals surface area contributed by atoms with Crippen molar-refractivity contribution in [1.29, 1.82) is 0 Å². The first-order valence-corrected chi connectivity index (χ1v) is 10.7. The van der Waals surface area contributed by atoms with Gasteiger partial charge in [0.15, 0.2) is 0 Å². The van der Waals surface area contributed by atoms with Gasteiger partial charge in [0.05, 0.1) is 14.2 Å². The zero-order chi connectivity index (χ0) is 26.5. The molecule has 0 saturated carbocycles. The molecule has 0 aromatic carbocycles. The molecule has 0 radical (unpaired) electrons. The molecule has 6 amide bonds. The number of hydrogen-bond donors (Lipinski definition) is 1. The quantitative estimate of drug-likeness (QED) is 0.378. The Labute approximate surface area is 221 Å². The molecule has 2 aliphatic rings. The second kappa shape index (κ2) is 27.1. The maximum absolute atomic E-state index is 11.0. The lowest BCUT2D eigenvalue weighted by molar-refractivity contribution is -0.137. The molecule has 2 aliphatic heterocycles. The molecule has 0 atom stereocenters. The van der Waals surface area contributed by atoms with Crippen molar-refractivity contribution in [3.05, 3.63) is 24.3 Å². The van der Waals surface area contributed by atoms with Crippen LogP contribution in [-0.4, -0.2) is 79.6 Å². The van der Waals surface area contributed by atoms with Crippen LogP contribution in [0.5, 0.6) is 0 Å². The standard InChI is InChI=1S/C9H13NO2.C6H5NO4.C5H12O.C2H5NO2.3CH4/c1-2-3-4-7-10-8(11)5-6-9(10)12;1-11-6(10)7-4(8)2-3-5(7)9;1-3-5-6-4-2;1-5-2(3)4;;;/h5-6H,2-4,7H2,1H3;2-3H,1H3;3-5H2,1-2H3;1H3,(H2,3,4);3*1H4. The summed E-state index contributed by atoms with van der Waals surface area (Å²) in [6.45, 7) is 8.54. The van der Waals surface area contributed by atoms with Crippen LogP contribution in [0.3, 0.4) is 0 Å². The van der Waals surface area contributed by atoms with Crippen molar-refractivity contribution in [3.63, 3.8) is 0 Å². The van der Waals surface area contributed by atoms with Gasteiger partial charge in [0.2, 0.25) is 0 Å². The third-order valence-electron chi connectivity index (χ3n) is 3.81. The van der Waals surface area contributed by atoms with Crippen LogP contribution in [0.25, 0.3) is 0 Å². The van der Waals surface area contributed by atoms with Gasteiger partial charge in [-0.15, -0.1) is 0 Å². The SMILES string of the molecule is C.C.C.CCCCCN1C(=O)C=CC1=O.CCCOCC.COC(=O)N1C(=O)C=CC1=O.COC(N)=O. The second-order valence-electron chi connectivity index (χ2n) is 6.40. The first-order chi connectivity index (χ1) is 16.1. The molecule has 0 aliphatic carbocycles. The lowest BCUT2D eigenvalue weighted by atomic mass is 10.2. The van der Waals surface area contributed by atoms with E-state index in [1.807, 2.05) is 6.92 Å². The number of imide groups is 4. The molecular formula is C25H47N3O9. The van der Waals surface area contributed by atoms with Gasteiger partial charge in [-0.1, -0.05) is 49.0 Å². The highest BCUT2D eigenvalue weighted by atomic mass is 16.5. The van der Waals surface area contributed by atoms with Crippen LogP contribution in [0.2, 0.25) is 0 Å². The normalized spacial score (nSPS) is 12.4. The molecule has 12 heteroatoms. The summed E-state index contributed by atoms with van der Waals surface area (Å²) in [6, 6.07) is 0. The van der Waals surface area contributed by atoms with E-state index in [4.69, 9.17) is 4.74 Å². The minimum absolute atomic E-state index is 0. The first-order valence-electron chi connectivity index (χ1n) is 10.7. The molecule has 2 heterocycles. The summed E-state index contributed by atoms with van der Waals surface area (Å²) < 4.78 is 13.1. The van der Waals surface area contributed by atoms with E-state index >= 15 is 0 Å². The average Bonchev–Trinajstić information content (AvgIpc) is 3.33. The van der Waals surface area contributed by atoms with Crippen molar-refractivity contribution >= 4 is 35.8 Å². The highest BCUT2D eigenvalue weighted by Crippen LogP contribution is 2.06. The van der Waals surface area contributed by atoms with Crippen LogP contribution in [0.4, 0.5) is 9.59 Å². The minimum atomic E-state index is -0.954. The van der Waals surface area contributed by atoms with E-state index in [1.165, 1.54) is 24.2 Å². The molecule has 0 spiro atoms. The number of nitrogens with two attached hydrogens (primary N) is 1. The third kappa shape index (κ3) is 20.4. The monoisotopic (exact) mass is 533 g/mol. The van der Waals surface area contributed by atoms with Crippen LogP contribution in [0, 0.1) is 0 Å². The number of ether oxygens (including phenoxy) is 3. The summed E-state index contributed by atoms with van der Waals surface area (Å²) in [4.78, 5) is 65.1. The maximum atomic E-state index is 11.0. The number of methoxy groups -OCH3 is 2. The van der Waals surface area contributed by atoms with E-state index in [9.17, 15) is 28.8 Å². The first kappa shape index (κ1) is 43.5. The minimum Gasteiger partial charge on any atom is -0.453 e. The van der Waals surface area contributed by atoms with E-state index in [0.29, 0.717) is 11.4 Å². The Morgan fingerprint density at radius 2 is 1.19 bits per heavy atom. The lowest BCUT2D eigenvalue weighted by Gasteiger charge is -2.12. The summed E-state index contributed by atoms with van der Waals surface area (Å²) >= 11 is 0. The van der Waals surface area contributed by atoms with Crippen LogP contribution in [0.15, 0.2) is 24.3 Å². The molecule has 0 aromatic rings. The third-order valence-corrected chi connectivity index (χ3v) is 3.81. The van der Waals surface area contributed by atoms with Crippen LogP contribution < -0.4 is 5.73 Å². The van der Waals surface area contributed by atoms with Gasteiger partial charge in [-0.05, 0) is 19.8 Å². The molecule has 0 fully saturated rings. The number of hydrogen-bond acceptors (Lipinski definition) is 9. The largest absolute Gasteiger partial charge is 0.453 e. The Morgan fingerprint density at radius 1 is 0.757 bits per heavy atom. The number of carbonyl (C=O) groups is 6. The Bertz CT molecular complexity index is 710. The van der Waals surface area contributed by atoms with E-state index in [0.717, 1.165) is 58.2 Å². The zero-order valence-corrected chi connectivity index (χ0v) is 20.4. The fourth-order valence-corrected chi connectivity index (χ4v) is 2.13. The molecule has 2 N–H and O–H groups in total. The molecular weight excluding hydrogens is 486 g/mol. The molecule has 12 nitrogen and oxygen atoms in total. The molecule has 2 rings (SSSR count). The van der Waals surface area contributed by atoms with Gasteiger partial charge >= 0.3 is 12.2 Å². The Morgan fingerprint density at radius 3 is 1.49 bits per heavy atom. The van der Waals surface area contributed by atoms with Crippen molar-refractivity contribution in [1.82, 2.24) is 9.80 Å². The van der Waals surface area contributed by atoms with Crippen molar-refractivity contribution < 1.29 is 43.0 Å². The van der Waals surface area contributed by atoms with E-state index in [2.05, 4.69) is 29.1 Å². The molecule has 216 valence electrons. The number of rotatable bonds is 7. The number of carbonyl (C=O) groups excluding carboxylic acids is 6. The molecule has 0 aromatic heterocycles. The van der Waals surface area contributed by atoms with Crippen molar-refractivity contribution in [3.8, 4) is 0 Å². The van der Waals surface area contributed by atoms with E-state index < -0.39 is 24.0 Å². The summed E-state index contributed by atoms with van der Waals surface area (Å²) in [5.74, 6) is -1.67. The van der Waals surface area contributed by atoms with Gasteiger partial charge in [0, 0.05) is 44.1 Å². The van der Waals surface area contributed by atoms with Gasteiger partial charge in [-0.3, -0.25) is 24.1 Å². The highest BCUT2D eigenvalue weighted by Gasteiger charge is 2.30. The highest BCUT2D eigenvalue weighted by molar-refractivity contribution is 6.21. The van der Waals surface area contributed by atoms with Crippen LogP contribution in [-0.2, 0) is 33.4 Å². The Hall–Kier alpha value is -3.54. The van der Waals surface area contributed by atoms with Crippen LogP contribution in [0.1, 0.15) is 68.7 Å². The van der Waals surface area contributed by atoms with Gasteiger partial charge in [-0.25, -0.2) is 9.59 Å². The summed E-state index contributed by atoms with van der Waals surface area (Å²) in [5.41, 5.74) is 4.43. The van der Waals surface area contributed by atoms with Crippen molar-refractivity contribution in [2.75, 3.05) is 34.0 Å². The number of primary amides is 1. The number of unbranched alkanes of at least 4 members (excludes halogenated alkanes) is 2. The average molecular weight is 534 g/mol. The summed E-state index contributed by atoms with van der Waals surface area (Å²) in [5, 5.41) is 0. The fraction of sp³-hybridized carbons (Fsp3) is 0.600. The number of amides is 6. The second-order valence-corrected chi connectivity index (χ2v) is 6.40. The van der Waals surface area contributed by atoms with Crippen molar-refractivity contribution in [2.45, 2.75) is 68.7 Å². The van der Waals surface area contributed by atoms with Gasteiger partial charge in [-0.2, -0.15) is 4.90 Å². The van der Waals surface area contributed by atoms with E-state index in [1.54, 1.807) is 0 Å². The van der Waals surface area contributed by atoms with Gasteiger partial charge in [0.1, 0.15) is 0 Å². The van der Waals surface area contributed by atoms with Gasteiger partial charge < -0.3 is 19.9 Å². The maximum Gasteiger partial charge on any atom is 0.423 e. The fourth-order valence-electron chi connectivity index (χ4n) is 2.13. The predicted octanol–water partition coefficient (Wildman–Crippen LogP) is 3.83. The lowest BCUT2D eigenvalue weighted by Crippen LogP contribution is -2.35. The molecule has 0 unspecified atom stereocenters. The van der Waals surface area contributed by atoms with E-state index in [-0.39, 0.29) is 34.1 Å². The van der Waals surface area contributed by atoms with Crippen LogP contribution >= 0.6 is 0 Å². The summed E-state index contributed by atoms with van der Waals surface area (Å²) in [6.07, 6.45) is 7.20. The van der Waals surface area contributed by atoms with Crippen molar-refractivity contribution in [2.24, 2.45) is 5.73 Å². The topological polar surface area (TPSA) is 163 Å². The Balaban J connectivity index is -0.000000127. The smallest absolute Gasteiger partial charge is 0.423 e.